The molecule has 0 fully saturated rings. The van der Waals surface area contributed by atoms with Crippen LogP contribution in [-0.2, 0) is 4.79 Å². The molecule has 138 valence electrons. The van der Waals surface area contributed by atoms with Crippen LogP contribution in [0.2, 0.25) is 5.02 Å². The van der Waals surface area contributed by atoms with E-state index in [4.69, 9.17) is 21.1 Å². The summed E-state index contributed by atoms with van der Waals surface area (Å²) in [7, 11) is 3.27. The third-order valence-corrected chi connectivity index (χ3v) is 6.11. The molecule has 1 atom stereocenters. The molecule has 0 saturated heterocycles. The Bertz CT molecular complexity index is 997. The Labute approximate surface area is 166 Å². The molecular formula is C21H18ClNO3S. The van der Waals surface area contributed by atoms with Crippen molar-refractivity contribution in [3.63, 3.8) is 0 Å². The predicted octanol–water partition coefficient (Wildman–Crippen LogP) is 5.56. The molecule has 0 bridgehead atoms. The fourth-order valence-corrected chi connectivity index (χ4v) is 4.71. The molecule has 0 unspecified atom stereocenters. The zero-order chi connectivity index (χ0) is 19.0. The molecule has 0 radical (unpaired) electrons. The minimum atomic E-state index is -0.0788. The molecule has 1 aromatic heterocycles. The number of methoxy groups -OCH3 is 2. The number of rotatable bonds is 4. The first kappa shape index (κ1) is 17.9. The molecule has 4 nitrogen and oxygen atoms in total. The summed E-state index contributed by atoms with van der Waals surface area (Å²) in [5, 5.41) is 5.82. The summed E-state index contributed by atoms with van der Waals surface area (Å²) in [5.41, 5.74) is 3.85. The summed E-state index contributed by atoms with van der Waals surface area (Å²) in [5.74, 6) is 1.41. The smallest absolute Gasteiger partial charge is 0.225 e. The molecule has 1 aliphatic heterocycles. The van der Waals surface area contributed by atoms with Crippen molar-refractivity contribution in [3.05, 3.63) is 63.3 Å². The first-order chi connectivity index (χ1) is 13.1. The molecule has 4 rings (SSSR count). The van der Waals surface area contributed by atoms with Gasteiger partial charge in [0.1, 0.15) is 11.5 Å². The van der Waals surface area contributed by atoms with Crippen molar-refractivity contribution in [1.29, 1.82) is 0 Å². The van der Waals surface area contributed by atoms with E-state index >= 15 is 0 Å². The van der Waals surface area contributed by atoms with Crippen LogP contribution in [0.5, 0.6) is 11.5 Å². The highest BCUT2D eigenvalue weighted by Crippen LogP contribution is 2.48. The first-order valence-corrected chi connectivity index (χ1v) is 9.75. The zero-order valence-electron chi connectivity index (χ0n) is 14.9. The van der Waals surface area contributed by atoms with Crippen LogP contribution >= 0.6 is 22.9 Å². The van der Waals surface area contributed by atoms with Gasteiger partial charge in [-0.3, -0.25) is 4.79 Å². The number of carbonyl (C=O) groups is 1. The van der Waals surface area contributed by atoms with Crippen LogP contribution in [0.1, 0.15) is 22.8 Å². The van der Waals surface area contributed by atoms with Gasteiger partial charge in [0.25, 0.3) is 0 Å². The van der Waals surface area contributed by atoms with Crippen LogP contribution in [0.15, 0.2) is 47.8 Å². The fourth-order valence-electron chi connectivity index (χ4n) is 3.43. The Hall–Kier alpha value is -2.50. The summed E-state index contributed by atoms with van der Waals surface area (Å²) < 4.78 is 10.9. The quantitative estimate of drug-likeness (QED) is 0.624. The second-order valence-electron chi connectivity index (χ2n) is 6.31. The monoisotopic (exact) mass is 399 g/mol. The van der Waals surface area contributed by atoms with Crippen LogP contribution in [0.3, 0.4) is 0 Å². The average Bonchev–Trinajstić information content (AvgIpc) is 3.11. The van der Waals surface area contributed by atoms with E-state index in [-0.39, 0.29) is 11.8 Å². The lowest BCUT2D eigenvalue weighted by Crippen LogP contribution is -2.22. The summed E-state index contributed by atoms with van der Waals surface area (Å²) in [6.07, 6.45) is 0.372. The number of fused-ring (bicyclic) bond motifs is 1. The highest BCUT2D eigenvalue weighted by atomic mass is 35.5. The van der Waals surface area contributed by atoms with Gasteiger partial charge in [-0.15, -0.1) is 11.3 Å². The van der Waals surface area contributed by atoms with Crippen molar-refractivity contribution >= 4 is 34.5 Å². The Morgan fingerprint density at radius 3 is 2.59 bits per heavy atom. The van der Waals surface area contributed by atoms with Gasteiger partial charge in [-0.1, -0.05) is 23.7 Å². The number of carbonyl (C=O) groups excluding carboxylic acids is 1. The van der Waals surface area contributed by atoms with Gasteiger partial charge in [0, 0.05) is 38.7 Å². The normalized spacial score (nSPS) is 15.8. The second-order valence-corrected chi connectivity index (χ2v) is 7.66. The van der Waals surface area contributed by atoms with Crippen molar-refractivity contribution in [3.8, 4) is 22.6 Å². The SMILES string of the molecule is COc1ccc(OC)c([C@@H]2CC(=O)Nc3c(-c4ccc(Cl)cc4)csc32)c1. The van der Waals surface area contributed by atoms with Crippen LogP contribution < -0.4 is 14.8 Å². The molecule has 2 heterocycles. The van der Waals surface area contributed by atoms with Crippen molar-refractivity contribution in [2.75, 3.05) is 19.5 Å². The number of halogens is 1. The van der Waals surface area contributed by atoms with Crippen LogP contribution in [0.25, 0.3) is 11.1 Å². The van der Waals surface area contributed by atoms with Gasteiger partial charge in [-0.25, -0.2) is 0 Å². The van der Waals surface area contributed by atoms with Crippen molar-refractivity contribution in [2.24, 2.45) is 0 Å². The van der Waals surface area contributed by atoms with E-state index in [2.05, 4.69) is 10.7 Å². The number of amides is 1. The number of nitrogens with one attached hydrogen (secondary N) is 1. The maximum Gasteiger partial charge on any atom is 0.225 e. The van der Waals surface area contributed by atoms with E-state index in [9.17, 15) is 4.79 Å². The average molecular weight is 400 g/mol. The van der Waals surface area contributed by atoms with E-state index in [1.54, 1.807) is 25.6 Å². The number of thiophene rings is 1. The molecule has 0 saturated carbocycles. The number of hydrogen-bond donors (Lipinski definition) is 1. The van der Waals surface area contributed by atoms with E-state index in [0.29, 0.717) is 11.4 Å². The van der Waals surface area contributed by atoms with Gasteiger partial charge in [-0.2, -0.15) is 0 Å². The summed E-state index contributed by atoms with van der Waals surface area (Å²) in [6.45, 7) is 0. The largest absolute Gasteiger partial charge is 0.497 e. The van der Waals surface area contributed by atoms with Gasteiger partial charge in [-0.05, 0) is 35.9 Å². The molecule has 2 aromatic carbocycles. The van der Waals surface area contributed by atoms with E-state index in [0.717, 1.165) is 38.8 Å². The number of benzene rings is 2. The maximum absolute atomic E-state index is 12.5. The van der Waals surface area contributed by atoms with Gasteiger partial charge in [0.05, 0.1) is 19.9 Å². The van der Waals surface area contributed by atoms with Crippen LogP contribution in [0, 0.1) is 0 Å². The lowest BCUT2D eigenvalue weighted by Gasteiger charge is -2.25. The molecule has 1 N–H and O–H groups in total. The minimum Gasteiger partial charge on any atom is -0.497 e. The summed E-state index contributed by atoms with van der Waals surface area (Å²) in [4.78, 5) is 13.6. The van der Waals surface area contributed by atoms with E-state index in [1.807, 2.05) is 42.5 Å². The first-order valence-electron chi connectivity index (χ1n) is 8.49. The molecule has 0 aliphatic carbocycles. The lowest BCUT2D eigenvalue weighted by atomic mass is 9.88. The van der Waals surface area contributed by atoms with Crippen molar-refractivity contribution in [2.45, 2.75) is 12.3 Å². The van der Waals surface area contributed by atoms with E-state index < -0.39 is 0 Å². The van der Waals surface area contributed by atoms with Crippen molar-refractivity contribution in [1.82, 2.24) is 0 Å². The molecule has 0 spiro atoms. The van der Waals surface area contributed by atoms with Gasteiger partial charge in [0.15, 0.2) is 0 Å². The second kappa shape index (κ2) is 7.25. The third kappa shape index (κ3) is 3.29. The number of hydrogen-bond acceptors (Lipinski definition) is 4. The molecule has 6 heteroatoms. The van der Waals surface area contributed by atoms with Gasteiger partial charge >= 0.3 is 0 Å². The van der Waals surface area contributed by atoms with Gasteiger partial charge < -0.3 is 14.8 Å². The van der Waals surface area contributed by atoms with Crippen LogP contribution in [0.4, 0.5) is 5.69 Å². The Morgan fingerprint density at radius 2 is 1.89 bits per heavy atom. The molecular weight excluding hydrogens is 382 g/mol. The highest BCUT2D eigenvalue weighted by molar-refractivity contribution is 7.11. The van der Waals surface area contributed by atoms with Crippen molar-refractivity contribution < 1.29 is 14.3 Å². The predicted molar refractivity (Wildman–Crippen MR) is 109 cm³/mol. The molecule has 27 heavy (non-hydrogen) atoms. The molecule has 3 aromatic rings. The third-order valence-electron chi connectivity index (χ3n) is 4.76. The standard InChI is InChI=1S/C21H18ClNO3S/c1-25-14-7-8-18(26-2)15(9-14)16-10-19(24)23-20-17(11-27-21(16)20)12-3-5-13(22)6-4-12/h3-9,11,16H,10H2,1-2H3,(H,23,24)/t16-/m0/s1. The number of anilines is 1. The minimum absolute atomic E-state index is 0.00835. The van der Waals surface area contributed by atoms with Gasteiger partial charge in [0.2, 0.25) is 5.91 Å². The zero-order valence-corrected chi connectivity index (χ0v) is 16.5. The summed E-state index contributed by atoms with van der Waals surface area (Å²) in [6, 6.07) is 13.3. The fraction of sp³-hybridized carbons (Fsp3) is 0.190. The Kier molecular flexibility index (Phi) is 4.81. The van der Waals surface area contributed by atoms with Crippen LogP contribution in [-0.4, -0.2) is 20.1 Å². The topological polar surface area (TPSA) is 47.6 Å². The highest BCUT2D eigenvalue weighted by Gasteiger charge is 2.32. The Balaban J connectivity index is 1.83. The lowest BCUT2D eigenvalue weighted by molar-refractivity contribution is -0.116. The summed E-state index contributed by atoms with van der Waals surface area (Å²) >= 11 is 7.66. The Morgan fingerprint density at radius 1 is 1.11 bits per heavy atom. The molecule has 1 aliphatic rings. The molecule has 1 amide bonds. The van der Waals surface area contributed by atoms with E-state index in [1.165, 1.54) is 0 Å². The number of ether oxygens (including phenoxy) is 2. The maximum atomic E-state index is 12.5.